The average Bonchev–Trinajstić information content (AvgIpc) is 2.48. The zero-order valence-electron chi connectivity index (χ0n) is 12.3. The molecule has 0 aliphatic rings. The Labute approximate surface area is 124 Å². The van der Waals surface area contributed by atoms with Crippen LogP contribution in [0.2, 0.25) is 0 Å². The summed E-state index contributed by atoms with van der Waals surface area (Å²) in [5.41, 5.74) is 2.26. The van der Waals surface area contributed by atoms with Gasteiger partial charge in [-0.15, -0.1) is 0 Å². The number of hydrogen-bond donors (Lipinski definition) is 1. The summed E-state index contributed by atoms with van der Waals surface area (Å²) in [6.07, 6.45) is 0. The SMILES string of the molecule is COc1ccc(CNCc2ccccc2)cc1OC(C)=O. The Morgan fingerprint density at radius 3 is 2.38 bits per heavy atom. The summed E-state index contributed by atoms with van der Waals surface area (Å²) in [6, 6.07) is 15.8. The van der Waals surface area contributed by atoms with Gasteiger partial charge in [-0.05, 0) is 23.3 Å². The minimum atomic E-state index is -0.359. The van der Waals surface area contributed by atoms with Gasteiger partial charge in [-0.25, -0.2) is 0 Å². The maximum Gasteiger partial charge on any atom is 0.308 e. The Morgan fingerprint density at radius 1 is 1.00 bits per heavy atom. The highest BCUT2D eigenvalue weighted by Gasteiger charge is 2.08. The van der Waals surface area contributed by atoms with Crippen LogP contribution in [0.1, 0.15) is 18.1 Å². The van der Waals surface area contributed by atoms with E-state index in [2.05, 4.69) is 17.4 Å². The summed E-state index contributed by atoms with van der Waals surface area (Å²) in [4.78, 5) is 11.1. The van der Waals surface area contributed by atoms with Crippen molar-refractivity contribution in [2.24, 2.45) is 0 Å². The summed E-state index contributed by atoms with van der Waals surface area (Å²) in [6.45, 7) is 2.85. The summed E-state index contributed by atoms with van der Waals surface area (Å²) in [5, 5.41) is 3.35. The normalized spacial score (nSPS) is 10.2. The smallest absolute Gasteiger partial charge is 0.308 e. The van der Waals surface area contributed by atoms with Gasteiger partial charge in [-0.1, -0.05) is 36.4 Å². The molecule has 0 fully saturated rings. The summed E-state index contributed by atoms with van der Waals surface area (Å²) >= 11 is 0. The van der Waals surface area contributed by atoms with Gasteiger partial charge in [0.15, 0.2) is 11.5 Å². The molecule has 0 aliphatic heterocycles. The van der Waals surface area contributed by atoms with Crippen LogP contribution in [0.25, 0.3) is 0 Å². The lowest BCUT2D eigenvalue weighted by Gasteiger charge is -2.11. The fourth-order valence-electron chi connectivity index (χ4n) is 2.01. The number of nitrogens with one attached hydrogen (secondary N) is 1. The molecule has 0 radical (unpaired) electrons. The van der Waals surface area contributed by atoms with Gasteiger partial charge in [0.05, 0.1) is 7.11 Å². The molecule has 4 heteroatoms. The Bertz CT molecular complexity index is 596. The molecule has 0 atom stereocenters. The fourth-order valence-corrected chi connectivity index (χ4v) is 2.01. The van der Waals surface area contributed by atoms with E-state index in [4.69, 9.17) is 9.47 Å². The van der Waals surface area contributed by atoms with Gasteiger partial charge >= 0.3 is 5.97 Å². The van der Waals surface area contributed by atoms with E-state index in [9.17, 15) is 4.79 Å². The largest absolute Gasteiger partial charge is 0.493 e. The maximum atomic E-state index is 11.1. The van der Waals surface area contributed by atoms with Gasteiger partial charge in [0.1, 0.15) is 0 Å². The molecule has 0 heterocycles. The van der Waals surface area contributed by atoms with Crippen molar-refractivity contribution in [1.29, 1.82) is 0 Å². The van der Waals surface area contributed by atoms with Gasteiger partial charge < -0.3 is 14.8 Å². The van der Waals surface area contributed by atoms with Gasteiger partial charge in [0, 0.05) is 20.0 Å². The van der Waals surface area contributed by atoms with Crippen LogP contribution in [-0.2, 0) is 17.9 Å². The second-order valence-electron chi connectivity index (χ2n) is 4.67. The average molecular weight is 285 g/mol. The van der Waals surface area contributed by atoms with Crippen LogP contribution in [0.4, 0.5) is 0 Å². The lowest BCUT2D eigenvalue weighted by molar-refractivity contribution is -0.132. The van der Waals surface area contributed by atoms with E-state index in [0.717, 1.165) is 12.1 Å². The third-order valence-corrected chi connectivity index (χ3v) is 2.98. The molecule has 21 heavy (non-hydrogen) atoms. The number of benzene rings is 2. The van der Waals surface area contributed by atoms with Crippen LogP contribution < -0.4 is 14.8 Å². The first-order valence-electron chi connectivity index (χ1n) is 6.79. The van der Waals surface area contributed by atoms with Crippen LogP contribution >= 0.6 is 0 Å². The molecule has 2 aromatic rings. The van der Waals surface area contributed by atoms with Crippen molar-refractivity contribution in [3.63, 3.8) is 0 Å². The summed E-state index contributed by atoms with van der Waals surface area (Å²) in [7, 11) is 1.55. The van der Waals surface area contributed by atoms with E-state index < -0.39 is 0 Å². The Morgan fingerprint density at radius 2 is 1.71 bits per heavy atom. The highest BCUT2D eigenvalue weighted by molar-refractivity contribution is 5.70. The zero-order valence-corrected chi connectivity index (χ0v) is 12.3. The molecule has 0 aromatic heterocycles. The molecule has 0 amide bonds. The van der Waals surface area contributed by atoms with E-state index in [0.29, 0.717) is 18.0 Å². The topological polar surface area (TPSA) is 47.6 Å². The number of rotatable bonds is 6. The lowest BCUT2D eigenvalue weighted by Crippen LogP contribution is -2.13. The first-order valence-corrected chi connectivity index (χ1v) is 6.79. The summed E-state index contributed by atoms with van der Waals surface area (Å²) < 4.78 is 10.3. The molecule has 2 aromatic carbocycles. The van der Waals surface area contributed by atoms with Crippen LogP contribution in [0.3, 0.4) is 0 Å². The van der Waals surface area contributed by atoms with Crippen molar-refractivity contribution in [3.8, 4) is 11.5 Å². The Balaban J connectivity index is 1.98. The van der Waals surface area contributed by atoms with Gasteiger partial charge in [0.25, 0.3) is 0 Å². The highest BCUT2D eigenvalue weighted by Crippen LogP contribution is 2.28. The molecule has 0 unspecified atom stereocenters. The molecule has 1 N–H and O–H groups in total. The quantitative estimate of drug-likeness (QED) is 0.655. The van der Waals surface area contributed by atoms with Crippen LogP contribution in [-0.4, -0.2) is 13.1 Å². The van der Waals surface area contributed by atoms with Crippen molar-refractivity contribution >= 4 is 5.97 Å². The fraction of sp³-hybridized carbons (Fsp3) is 0.235. The third-order valence-electron chi connectivity index (χ3n) is 2.98. The number of ether oxygens (including phenoxy) is 2. The van der Waals surface area contributed by atoms with Crippen molar-refractivity contribution < 1.29 is 14.3 Å². The number of carbonyl (C=O) groups is 1. The van der Waals surface area contributed by atoms with E-state index in [-0.39, 0.29) is 5.97 Å². The lowest BCUT2D eigenvalue weighted by atomic mass is 10.2. The van der Waals surface area contributed by atoms with Crippen molar-refractivity contribution in [3.05, 3.63) is 59.7 Å². The van der Waals surface area contributed by atoms with Crippen LogP contribution in [0.5, 0.6) is 11.5 Å². The Kier molecular flexibility index (Phi) is 5.35. The molecule has 0 bridgehead atoms. The molecule has 4 nitrogen and oxygen atoms in total. The molecule has 110 valence electrons. The monoisotopic (exact) mass is 285 g/mol. The number of esters is 1. The second kappa shape index (κ2) is 7.45. The van der Waals surface area contributed by atoms with E-state index in [1.165, 1.54) is 12.5 Å². The molecule has 2 rings (SSSR count). The van der Waals surface area contributed by atoms with Crippen LogP contribution in [0, 0.1) is 0 Å². The molecule has 0 spiro atoms. The third kappa shape index (κ3) is 4.61. The van der Waals surface area contributed by atoms with Crippen molar-refractivity contribution in [2.45, 2.75) is 20.0 Å². The Hall–Kier alpha value is -2.33. The molecule has 0 saturated carbocycles. The molecule has 0 saturated heterocycles. The predicted molar refractivity (Wildman–Crippen MR) is 81.3 cm³/mol. The number of hydrogen-bond acceptors (Lipinski definition) is 4. The number of methoxy groups -OCH3 is 1. The first kappa shape index (κ1) is 15.1. The first-order chi connectivity index (χ1) is 10.2. The van der Waals surface area contributed by atoms with E-state index in [1.807, 2.05) is 30.3 Å². The molecule has 0 aliphatic carbocycles. The zero-order chi connectivity index (χ0) is 15.1. The number of carbonyl (C=O) groups excluding carboxylic acids is 1. The highest BCUT2D eigenvalue weighted by atomic mass is 16.6. The van der Waals surface area contributed by atoms with Gasteiger partial charge in [-0.2, -0.15) is 0 Å². The maximum absolute atomic E-state index is 11.1. The van der Waals surface area contributed by atoms with Crippen LogP contribution in [0.15, 0.2) is 48.5 Å². The minimum Gasteiger partial charge on any atom is -0.493 e. The standard InChI is InChI=1S/C17H19NO3/c1-13(19)21-17-10-15(8-9-16(17)20-2)12-18-11-14-6-4-3-5-7-14/h3-10,18H,11-12H2,1-2H3. The molecular formula is C17H19NO3. The molecular weight excluding hydrogens is 266 g/mol. The van der Waals surface area contributed by atoms with Crippen molar-refractivity contribution in [1.82, 2.24) is 5.32 Å². The van der Waals surface area contributed by atoms with Gasteiger partial charge in [0.2, 0.25) is 0 Å². The van der Waals surface area contributed by atoms with Crippen molar-refractivity contribution in [2.75, 3.05) is 7.11 Å². The van der Waals surface area contributed by atoms with Gasteiger partial charge in [-0.3, -0.25) is 4.79 Å². The summed E-state index contributed by atoms with van der Waals surface area (Å²) in [5.74, 6) is 0.642. The second-order valence-corrected chi connectivity index (χ2v) is 4.67. The predicted octanol–water partition coefficient (Wildman–Crippen LogP) is 2.91. The van der Waals surface area contributed by atoms with E-state index in [1.54, 1.807) is 13.2 Å². The minimum absolute atomic E-state index is 0.359. The van der Waals surface area contributed by atoms with E-state index >= 15 is 0 Å².